The molecule has 0 saturated carbocycles. The second kappa shape index (κ2) is 5.97. The monoisotopic (exact) mass is 301 g/mol. The number of nitrogens with one attached hydrogen (secondary N) is 2. The lowest BCUT2D eigenvalue weighted by Crippen LogP contribution is -2.02. The Morgan fingerprint density at radius 2 is 2.19 bits per heavy atom. The molecular weight excluding hydrogens is 286 g/mol. The molecule has 1 aromatic carbocycles. The molecule has 3 aromatic rings. The number of hydrogen-bond acceptors (Lipinski definition) is 5. The highest BCUT2D eigenvalue weighted by atomic mass is 32.1. The zero-order valence-electron chi connectivity index (χ0n) is 11.6. The Labute approximate surface area is 125 Å². The van der Waals surface area contributed by atoms with Crippen LogP contribution in [-0.2, 0) is 22.5 Å². The molecular formula is C15H15N3O2S. The van der Waals surface area contributed by atoms with E-state index in [0.717, 1.165) is 28.0 Å². The first-order valence-electron chi connectivity index (χ1n) is 6.56. The summed E-state index contributed by atoms with van der Waals surface area (Å²) in [6, 6.07) is 10.1. The maximum absolute atomic E-state index is 11.2. The summed E-state index contributed by atoms with van der Waals surface area (Å²) in [6.45, 7) is 0.728. The third-order valence-electron chi connectivity index (χ3n) is 3.17. The summed E-state index contributed by atoms with van der Waals surface area (Å²) in [5, 5.41) is 11.4. The normalized spacial score (nSPS) is 10.7. The summed E-state index contributed by atoms with van der Waals surface area (Å²) in [6.07, 6.45) is 2.14. The molecule has 0 spiro atoms. The number of carbonyl (C=O) groups is 1. The van der Waals surface area contributed by atoms with E-state index in [2.05, 4.69) is 20.3 Å². The van der Waals surface area contributed by atoms with Gasteiger partial charge in [0.2, 0.25) is 0 Å². The minimum Gasteiger partial charge on any atom is -0.469 e. The predicted octanol–water partition coefficient (Wildman–Crippen LogP) is 2.95. The third kappa shape index (κ3) is 3.22. The van der Waals surface area contributed by atoms with Crippen molar-refractivity contribution in [1.29, 1.82) is 0 Å². The molecule has 0 aliphatic rings. The molecule has 21 heavy (non-hydrogen) atoms. The lowest BCUT2D eigenvalue weighted by atomic mass is 10.2. The summed E-state index contributed by atoms with van der Waals surface area (Å²) >= 11 is 1.62. The SMILES string of the molecule is COC(=O)Cc1ccc(CNc2ccc3cn[nH]c3c2)s1. The lowest BCUT2D eigenvalue weighted by Gasteiger charge is -2.04. The second-order valence-electron chi connectivity index (χ2n) is 4.65. The fourth-order valence-corrected chi connectivity index (χ4v) is 3.01. The number of aromatic amines is 1. The third-order valence-corrected chi connectivity index (χ3v) is 4.26. The van der Waals surface area contributed by atoms with Crippen molar-refractivity contribution in [2.24, 2.45) is 0 Å². The van der Waals surface area contributed by atoms with Crippen LogP contribution in [0.15, 0.2) is 36.5 Å². The van der Waals surface area contributed by atoms with E-state index < -0.39 is 0 Å². The van der Waals surface area contributed by atoms with Crippen molar-refractivity contribution in [3.05, 3.63) is 46.3 Å². The van der Waals surface area contributed by atoms with Crippen LogP contribution in [0.5, 0.6) is 0 Å². The molecule has 6 heteroatoms. The molecule has 0 fully saturated rings. The number of benzene rings is 1. The predicted molar refractivity (Wildman–Crippen MR) is 83.5 cm³/mol. The molecule has 0 saturated heterocycles. The molecule has 0 unspecified atom stereocenters. The summed E-state index contributed by atoms with van der Waals surface area (Å²) < 4.78 is 4.67. The Morgan fingerprint density at radius 1 is 1.33 bits per heavy atom. The van der Waals surface area contributed by atoms with Crippen molar-refractivity contribution in [1.82, 2.24) is 10.2 Å². The van der Waals surface area contributed by atoms with Gasteiger partial charge in [0.25, 0.3) is 0 Å². The molecule has 2 heterocycles. The smallest absolute Gasteiger partial charge is 0.310 e. The highest BCUT2D eigenvalue weighted by molar-refractivity contribution is 7.12. The number of nitrogens with zero attached hydrogens (tertiary/aromatic N) is 1. The van der Waals surface area contributed by atoms with Crippen LogP contribution in [0.1, 0.15) is 9.75 Å². The minimum absolute atomic E-state index is 0.207. The Balaban J connectivity index is 1.63. The quantitative estimate of drug-likeness (QED) is 0.711. The van der Waals surface area contributed by atoms with E-state index in [1.165, 1.54) is 12.0 Å². The van der Waals surface area contributed by atoms with E-state index in [-0.39, 0.29) is 5.97 Å². The standard InChI is InChI=1S/C15H15N3O2S/c1-20-15(19)7-12-4-5-13(21-12)9-16-11-3-2-10-8-17-18-14(10)6-11/h2-6,8,16H,7,9H2,1H3,(H,17,18). The van der Waals surface area contributed by atoms with Gasteiger partial charge in [0.15, 0.2) is 0 Å². The lowest BCUT2D eigenvalue weighted by molar-refractivity contribution is -0.139. The number of fused-ring (bicyclic) bond motifs is 1. The molecule has 2 N–H and O–H groups in total. The van der Waals surface area contributed by atoms with Crippen LogP contribution in [0.3, 0.4) is 0 Å². The van der Waals surface area contributed by atoms with Gasteiger partial charge in [-0.3, -0.25) is 9.89 Å². The van der Waals surface area contributed by atoms with E-state index in [1.807, 2.05) is 30.3 Å². The van der Waals surface area contributed by atoms with Crippen LogP contribution in [0, 0.1) is 0 Å². The van der Waals surface area contributed by atoms with Gasteiger partial charge in [-0.2, -0.15) is 5.10 Å². The number of hydrogen-bond donors (Lipinski definition) is 2. The number of H-pyrrole nitrogens is 1. The molecule has 3 rings (SSSR count). The zero-order chi connectivity index (χ0) is 14.7. The van der Waals surface area contributed by atoms with Crippen molar-refractivity contribution >= 4 is 33.9 Å². The number of rotatable bonds is 5. The number of carbonyl (C=O) groups excluding carboxylic acids is 1. The van der Waals surface area contributed by atoms with Crippen molar-refractivity contribution in [2.75, 3.05) is 12.4 Å². The van der Waals surface area contributed by atoms with Crippen molar-refractivity contribution in [3.63, 3.8) is 0 Å². The molecule has 0 atom stereocenters. The van der Waals surface area contributed by atoms with Gasteiger partial charge in [-0.05, 0) is 30.3 Å². The van der Waals surface area contributed by atoms with Gasteiger partial charge in [0, 0.05) is 27.4 Å². The van der Waals surface area contributed by atoms with Gasteiger partial charge >= 0.3 is 5.97 Å². The van der Waals surface area contributed by atoms with Crippen LogP contribution < -0.4 is 5.32 Å². The fraction of sp³-hybridized carbons (Fsp3) is 0.200. The molecule has 0 aliphatic heterocycles. The summed E-state index contributed by atoms with van der Waals surface area (Å²) in [4.78, 5) is 13.4. The largest absolute Gasteiger partial charge is 0.469 e. The Hall–Kier alpha value is -2.34. The van der Waals surface area contributed by atoms with Crippen LogP contribution in [0.4, 0.5) is 5.69 Å². The number of esters is 1. The first kappa shape index (κ1) is 13.6. The molecule has 0 amide bonds. The average Bonchev–Trinajstić information content (AvgIpc) is 3.13. The van der Waals surface area contributed by atoms with Crippen molar-refractivity contribution in [2.45, 2.75) is 13.0 Å². The van der Waals surface area contributed by atoms with E-state index in [9.17, 15) is 4.79 Å². The van der Waals surface area contributed by atoms with Gasteiger partial charge in [0.05, 0.1) is 25.2 Å². The van der Waals surface area contributed by atoms with Gasteiger partial charge < -0.3 is 10.1 Å². The highest BCUT2D eigenvalue weighted by Crippen LogP contribution is 2.21. The summed E-state index contributed by atoms with van der Waals surface area (Å²) in [5.41, 5.74) is 2.05. The van der Waals surface area contributed by atoms with Crippen molar-refractivity contribution < 1.29 is 9.53 Å². The van der Waals surface area contributed by atoms with Crippen LogP contribution >= 0.6 is 11.3 Å². The number of methoxy groups -OCH3 is 1. The van der Waals surface area contributed by atoms with Crippen LogP contribution in [0.2, 0.25) is 0 Å². The molecule has 2 aromatic heterocycles. The maximum atomic E-state index is 11.2. The van der Waals surface area contributed by atoms with E-state index in [0.29, 0.717) is 6.42 Å². The van der Waals surface area contributed by atoms with Gasteiger partial charge in [-0.25, -0.2) is 0 Å². The Kier molecular flexibility index (Phi) is 3.87. The average molecular weight is 301 g/mol. The molecule has 0 aliphatic carbocycles. The van der Waals surface area contributed by atoms with E-state index in [4.69, 9.17) is 0 Å². The van der Waals surface area contributed by atoms with Crippen LogP contribution in [0.25, 0.3) is 10.9 Å². The summed E-state index contributed by atoms with van der Waals surface area (Å²) in [7, 11) is 1.41. The van der Waals surface area contributed by atoms with Gasteiger partial charge in [-0.1, -0.05) is 0 Å². The Bertz CT molecular complexity index is 763. The number of aromatic nitrogens is 2. The number of ether oxygens (including phenoxy) is 1. The maximum Gasteiger partial charge on any atom is 0.310 e. The van der Waals surface area contributed by atoms with E-state index in [1.54, 1.807) is 17.5 Å². The van der Waals surface area contributed by atoms with Crippen LogP contribution in [-0.4, -0.2) is 23.3 Å². The van der Waals surface area contributed by atoms with Gasteiger partial charge in [0.1, 0.15) is 0 Å². The fourth-order valence-electron chi connectivity index (χ4n) is 2.06. The van der Waals surface area contributed by atoms with Crippen molar-refractivity contribution in [3.8, 4) is 0 Å². The number of anilines is 1. The molecule has 0 bridgehead atoms. The van der Waals surface area contributed by atoms with E-state index >= 15 is 0 Å². The topological polar surface area (TPSA) is 67.0 Å². The molecule has 0 radical (unpaired) electrons. The van der Waals surface area contributed by atoms with Gasteiger partial charge in [-0.15, -0.1) is 11.3 Å². The Morgan fingerprint density at radius 3 is 3.05 bits per heavy atom. The minimum atomic E-state index is -0.207. The summed E-state index contributed by atoms with van der Waals surface area (Å²) in [5.74, 6) is -0.207. The molecule has 5 nitrogen and oxygen atoms in total. The highest BCUT2D eigenvalue weighted by Gasteiger charge is 2.06. The first-order valence-corrected chi connectivity index (χ1v) is 7.37. The zero-order valence-corrected chi connectivity index (χ0v) is 12.4. The second-order valence-corrected chi connectivity index (χ2v) is 5.90. The number of thiophene rings is 1. The first-order chi connectivity index (χ1) is 10.2. The molecule has 108 valence electrons.